The van der Waals surface area contributed by atoms with E-state index in [0.29, 0.717) is 11.4 Å². The van der Waals surface area contributed by atoms with Gasteiger partial charge >= 0.3 is 5.97 Å². The van der Waals surface area contributed by atoms with Gasteiger partial charge in [-0.25, -0.2) is 9.78 Å². The first-order valence-electron chi connectivity index (χ1n) is 11.7. The normalized spacial score (nSPS) is 13.5. The van der Waals surface area contributed by atoms with Crippen LogP contribution in [0.3, 0.4) is 0 Å². The molecular weight excluding hydrogens is 498 g/mol. The summed E-state index contributed by atoms with van der Waals surface area (Å²) in [7, 11) is 0. The Balaban J connectivity index is 1.76. The van der Waals surface area contributed by atoms with Crippen molar-refractivity contribution in [2.45, 2.75) is 37.4 Å². The Morgan fingerprint density at radius 2 is 1.76 bits per heavy atom. The number of aromatic nitrogens is 3. The second-order valence-corrected chi connectivity index (χ2v) is 9.40. The molecule has 3 unspecified atom stereocenters. The fourth-order valence-corrected chi connectivity index (χ4v) is 4.32. The highest BCUT2D eigenvalue weighted by Gasteiger charge is 2.30. The number of aliphatic carboxylic acids is 1. The standard InChI is InChI=1S/C24H31N7O5S/c1-37-7-6-18(22(33)31-20(24(35)36)9-15-12-26-13-28-15)30-23(34)19(29-21(32)10-25)8-14-11-27-17-5-3-2-4-16(14)17/h2-5,11-13,18-20,27H,6-10,25H2,1H3,(H,26,28)(H,29,32)(H,30,34)(H,31,33)(H,35,36). The van der Waals surface area contributed by atoms with Crippen LogP contribution in [-0.4, -0.2) is 80.4 Å². The maximum absolute atomic E-state index is 13.3. The van der Waals surface area contributed by atoms with Crippen LogP contribution in [0.1, 0.15) is 17.7 Å². The highest BCUT2D eigenvalue weighted by atomic mass is 32.2. The minimum atomic E-state index is -1.22. The maximum Gasteiger partial charge on any atom is 0.326 e. The Morgan fingerprint density at radius 1 is 1.03 bits per heavy atom. The van der Waals surface area contributed by atoms with Gasteiger partial charge in [0, 0.05) is 41.8 Å². The van der Waals surface area contributed by atoms with Crippen molar-refractivity contribution in [3.05, 3.63) is 54.2 Å². The van der Waals surface area contributed by atoms with Crippen LogP contribution in [0.25, 0.3) is 10.9 Å². The minimum absolute atomic E-state index is 0.0000135. The van der Waals surface area contributed by atoms with E-state index in [1.807, 2.05) is 30.5 Å². The maximum atomic E-state index is 13.3. The molecule has 0 aliphatic rings. The number of nitrogens with two attached hydrogens (primary N) is 1. The van der Waals surface area contributed by atoms with Crippen LogP contribution >= 0.6 is 11.8 Å². The summed E-state index contributed by atoms with van der Waals surface area (Å²) >= 11 is 1.48. The van der Waals surface area contributed by atoms with Gasteiger partial charge in [0.15, 0.2) is 0 Å². The van der Waals surface area contributed by atoms with Crippen LogP contribution < -0.4 is 21.7 Å². The molecule has 3 aromatic rings. The van der Waals surface area contributed by atoms with Crippen LogP contribution in [0.2, 0.25) is 0 Å². The number of carbonyl (C=O) groups is 4. The van der Waals surface area contributed by atoms with Gasteiger partial charge in [-0.15, -0.1) is 0 Å². The Bertz CT molecular complexity index is 1210. The van der Waals surface area contributed by atoms with E-state index in [2.05, 4.69) is 30.9 Å². The summed E-state index contributed by atoms with van der Waals surface area (Å²) in [4.78, 5) is 60.1. The van der Waals surface area contributed by atoms with Crippen molar-refractivity contribution in [1.82, 2.24) is 30.9 Å². The molecule has 0 saturated carbocycles. The third-order valence-electron chi connectivity index (χ3n) is 5.77. The van der Waals surface area contributed by atoms with Gasteiger partial charge in [0.1, 0.15) is 18.1 Å². The van der Waals surface area contributed by atoms with E-state index >= 15 is 0 Å². The molecule has 3 rings (SSSR count). The van der Waals surface area contributed by atoms with Crippen LogP contribution in [0.4, 0.5) is 0 Å². The molecule has 0 aliphatic carbocycles. The molecule has 0 bridgehead atoms. The molecule has 12 nitrogen and oxygen atoms in total. The van der Waals surface area contributed by atoms with E-state index in [1.54, 1.807) is 6.20 Å². The van der Waals surface area contributed by atoms with Gasteiger partial charge in [-0.1, -0.05) is 18.2 Å². The van der Waals surface area contributed by atoms with Crippen LogP contribution in [0.15, 0.2) is 43.0 Å². The van der Waals surface area contributed by atoms with E-state index in [1.165, 1.54) is 24.3 Å². The average Bonchev–Trinajstić information content (AvgIpc) is 3.55. The number of amides is 3. The zero-order valence-electron chi connectivity index (χ0n) is 20.3. The van der Waals surface area contributed by atoms with E-state index in [-0.39, 0.29) is 25.8 Å². The fraction of sp³-hybridized carbons (Fsp3) is 0.375. The fourth-order valence-electron chi connectivity index (χ4n) is 3.85. The lowest BCUT2D eigenvalue weighted by molar-refractivity contribution is -0.142. The van der Waals surface area contributed by atoms with Crippen molar-refractivity contribution in [2.75, 3.05) is 18.6 Å². The predicted octanol–water partition coefficient (Wildman–Crippen LogP) is -0.0730. The highest BCUT2D eigenvalue weighted by molar-refractivity contribution is 7.98. The van der Waals surface area contributed by atoms with Gasteiger partial charge in [-0.2, -0.15) is 11.8 Å². The molecule has 3 amide bonds. The molecule has 0 spiro atoms. The van der Waals surface area contributed by atoms with Crippen molar-refractivity contribution >= 4 is 46.4 Å². The highest BCUT2D eigenvalue weighted by Crippen LogP contribution is 2.19. The second-order valence-electron chi connectivity index (χ2n) is 8.41. The van der Waals surface area contributed by atoms with Crippen molar-refractivity contribution < 1.29 is 24.3 Å². The number of thioether (sulfide) groups is 1. The van der Waals surface area contributed by atoms with E-state index < -0.39 is 41.8 Å². The van der Waals surface area contributed by atoms with Gasteiger partial charge in [0.2, 0.25) is 17.7 Å². The number of nitrogens with one attached hydrogen (secondary N) is 5. The molecule has 3 atom stereocenters. The lowest BCUT2D eigenvalue weighted by atomic mass is 10.0. The SMILES string of the molecule is CSCCC(NC(=O)C(Cc1c[nH]c2ccccc12)NC(=O)CN)C(=O)NC(Cc1cnc[nH]1)C(=O)O. The summed E-state index contributed by atoms with van der Waals surface area (Å²) in [5.41, 5.74) is 7.70. The lowest BCUT2D eigenvalue weighted by Gasteiger charge is -2.24. The number of rotatable bonds is 14. The number of nitrogens with zero attached hydrogens (tertiary/aromatic N) is 1. The van der Waals surface area contributed by atoms with Gasteiger partial charge in [-0.3, -0.25) is 14.4 Å². The third-order valence-corrected chi connectivity index (χ3v) is 6.42. The molecule has 2 heterocycles. The number of hydrogen-bond acceptors (Lipinski definition) is 7. The summed E-state index contributed by atoms with van der Waals surface area (Å²) in [6.45, 7) is -0.304. The number of benzene rings is 1. The number of carboxylic acids is 1. The number of aromatic amines is 2. The zero-order chi connectivity index (χ0) is 26.8. The van der Waals surface area contributed by atoms with Crippen molar-refractivity contribution in [2.24, 2.45) is 5.73 Å². The van der Waals surface area contributed by atoms with Crippen LogP contribution in [0, 0.1) is 0 Å². The van der Waals surface area contributed by atoms with E-state index in [9.17, 15) is 24.3 Å². The number of hydrogen-bond donors (Lipinski definition) is 7. The lowest BCUT2D eigenvalue weighted by Crippen LogP contribution is -2.57. The Labute approximate surface area is 217 Å². The van der Waals surface area contributed by atoms with E-state index in [4.69, 9.17) is 5.73 Å². The molecular formula is C24H31N7O5S. The molecule has 8 N–H and O–H groups in total. The zero-order valence-corrected chi connectivity index (χ0v) is 21.1. The first kappa shape index (κ1) is 27.7. The number of H-pyrrole nitrogens is 2. The minimum Gasteiger partial charge on any atom is -0.480 e. The molecule has 0 saturated heterocycles. The molecule has 198 valence electrons. The topological polar surface area (TPSA) is 195 Å². The smallest absolute Gasteiger partial charge is 0.326 e. The molecule has 13 heteroatoms. The Morgan fingerprint density at radius 3 is 2.43 bits per heavy atom. The summed E-state index contributed by atoms with van der Waals surface area (Å²) in [6, 6.07) is 4.33. The quantitative estimate of drug-likeness (QED) is 0.151. The van der Waals surface area contributed by atoms with Gasteiger partial charge in [-0.05, 0) is 30.1 Å². The average molecular weight is 530 g/mol. The summed E-state index contributed by atoms with van der Waals surface area (Å²) < 4.78 is 0. The monoisotopic (exact) mass is 529 g/mol. The van der Waals surface area contributed by atoms with E-state index in [0.717, 1.165) is 16.5 Å². The summed E-state index contributed by atoms with van der Waals surface area (Å²) in [6.07, 6.45) is 6.95. The van der Waals surface area contributed by atoms with Gasteiger partial charge in [0.25, 0.3) is 0 Å². The Kier molecular flexibility index (Phi) is 10.1. The van der Waals surface area contributed by atoms with Crippen molar-refractivity contribution in [3.63, 3.8) is 0 Å². The number of para-hydroxylation sites is 1. The number of fused-ring (bicyclic) bond motifs is 1. The van der Waals surface area contributed by atoms with Crippen molar-refractivity contribution in [1.29, 1.82) is 0 Å². The second kappa shape index (κ2) is 13.5. The molecule has 37 heavy (non-hydrogen) atoms. The molecule has 0 fully saturated rings. The third kappa shape index (κ3) is 7.82. The number of carboxylic acid groups (broad SMARTS) is 1. The molecule has 2 aromatic heterocycles. The van der Waals surface area contributed by atoms with Crippen LogP contribution in [-0.2, 0) is 32.0 Å². The van der Waals surface area contributed by atoms with Gasteiger partial charge < -0.3 is 36.8 Å². The number of imidazole rings is 1. The molecule has 1 aromatic carbocycles. The summed E-state index contributed by atoms with van der Waals surface area (Å²) in [5, 5.41) is 18.3. The van der Waals surface area contributed by atoms with Crippen LogP contribution in [0.5, 0.6) is 0 Å². The number of carbonyl (C=O) groups excluding carboxylic acids is 3. The largest absolute Gasteiger partial charge is 0.480 e. The molecule has 0 radical (unpaired) electrons. The Hall–Kier alpha value is -3.84. The first-order chi connectivity index (χ1) is 17.8. The first-order valence-corrected chi connectivity index (χ1v) is 13.1. The van der Waals surface area contributed by atoms with Gasteiger partial charge in [0.05, 0.1) is 12.9 Å². The predicted molar refractivity (Wildman–Crippen MR) is 140 cm³/mol. The van der Waals surface area contributed by atoms with Crippen molar-refractivity contribution in [3.8, 4) is 0 Å². The molecule has 0 aliphatic heterocycles. The summed E-state index contributed by atoms with van der Waals surface area (Å²) in [5.74, 6) is -2.40.